The van der Waals surface area contributed by atoms with E-state index in [0.29, 0.717) is 22.5 Å². The largest absolute Gasteiger partial charge is 0.268 e. The first-order chi connectivity index (χ1) is 11.3. The summed E-state index contributed by atoms with van der Waals surface area (Å²) >= 11 is 1.51. The van der Waals surface area contributed by atoms with Gasteiger partial charge >= 0.3 is 0 Å². The highest BCUT2D eigenvalue weighted by atomic mass is 32.2. The monoisotopic (exact) mass is 321 g/mol. The standard InChI is InChI=1S/C18H15N3OS/c19-12-6-7-13-23-18-20-16-11-5-4-10-15(16)17(22)21(18)14-8-2-1-3-9-14/h1-5,8-11H,6-7,13H2. The Hall–Kier alpha value is -2.58. The van der Waals surface area contributed by atoms with Gasteiger partial charge in [-0.2, -0.15) is 5.26 Å². The molecule has 114 valence electrons. The van der Waals surface area contributed by atoms with Crippen LogP contribution in [0.25, 0.3) is 16.6 Å². The molecule has 0 radical (unpaired) electrons. The lowest BCUT2D eigenvalue weighted by Gasteiger charge is -2.12. The summed E-state index contributed by atoms with van der Waals surface area (Å²) in [5, 5.41) is 9.93. The smallest absolute Gasteiger partial charge is 0.266 e. The maximum Gasteiger partial charge on any atom is 0.266 e. The van der Waals surface area contributed by atoms with Crippen LogP contribution in [-0.4, -0.2) is 15.3 Å². The van der Waals surface area contributed by atoms with E-state index >= 15 is 0 Å². The molecule has 0 aliphatic rings. The van der Waals surface area contributed by atoms with Crippen molar-refractivity contribution < 1.29 is 0 Å². The van der Waals surface area contributed by atoms with Gasteiger partial charge in [-0.05, 0) is 30.7 Å². The molecule has 0 amide bonds. The number of unbranched alkanes of at least 4 members (excludes halogenated alkanes) is 1. The number of hydrogen-bond acceptors (Lipinski definition) is 4. The quantitative estimate of drug-likeness (QED) is 0.407. The summed E-state index contributed by atoms with van der Waals surface area (Å²) in [6.07, 6.45) is 1.29. The lowest BCUT2D eigenvalue weighted by Crippen LogP contribution is -2.21. The number of nitriles is 1. The number of aromatic nitrogens is 2. The van der Waals surface area contributed by atoms with Gasteiger partial charge in [-0.1, -0.05) is 42.1 Å². The minimum Gasteiger partial charge on any atom is -0.268 e. The number of fused-ring (bicyclic) bond motifs is 1. The summed E-state index contributed by atoms with van der Waals surface area (Å²) in [5.74, 6) is 0.755. The van der Waals surface area contributed by atoms with E-state index in [1.165, 1.54) is 11.8 Å². The lowest BCUT2D eigenvalue weighted by atomic mass is 10.2. The average molecular weight is 321 g/mol. The van der Waals surface area contributed by atoms with Crippen molar-refractivity contribution in [3.8, 4) is 11.8 Å². The third kappa shape index (κ3) is 3.27. The number of benzene rings is 2. The van der Waals surface area contributed by atoms with Crippen LogP contribution in [0.2, 0.25) is 0 Å². The first-order valence-electron chi connectivity index (χ1n) is 7.38. The average Bonchev–Trinajstić information content (AvgIpc) is 2.60. The van der Waals surface area contributed by atoms with Gasteiger partial charge < -0.3 is 0 Å². The van der Waals surface area contributed by atoms with Crippen molar-refractivity contribution >= 4 is 22.7 Å². The van der Waals surface area contributed by atoms with Crippen LogP contribution < -0.4 is 5.56 Å². The van der Waals surface area contributed by atoms with Crippen LogP contribution in [0.3, 0.4) is 0 Å². The van der Waals surface area contributed by atoms with Gasteiger partial charge in [0.2, 0.25) is 0 Å². The summed E-state index contributed by atoms with van der Waals surface area (Å²) in [4.78, 5) is 17.5. The van der Waals surface area contributed by atoms with E-state index in [0.717, 1.165) is 17.9 Å². The fourth-order valence-electron chi connectivity index (χ4n) is 2.33. The van der Waals surface area contributed by atoms with Crippen molar-refractivity contribution in [2.24, 2.45) is 0 Å². The van der Waals surface area contributed by atoms with Crippen molar-refractivity contribution in [3.05, 3.63) is 65.0 Å². The molecule has 0 aliphatic carbocycles. The van der Waals surface area contributed by atoms with Gasteiger partial charge in [-0.3, -0.25) is 9.36 Å². The van der Waals surface area contributed by atoms with Crippen molar-refractivity contribution in [2.45, 2.75) is 18.0 Å². The molecule has 0 aliphatic heterocycles. The van der Waals surface area contributed by atoms with E-state index in [1.54, 1.807) is 10.6 Å². The minimum absolute atomic E-state index is 0.0652. The summed E-state index contributed by atoms with van der Waals surface area (Å²) in [6.45, 7) is 0. The molecule has 0 atom stereocenters. The Morgan fingerprint density at radius 3 is 2.61 bits per heavy atom. The van der Waals surface area contributed by atoms with Crippen molar-refractivity contribution in [3.63, 3.8) is 0 Å². The normalized spacial score (nSPS) is 10.6. The van der Waals surface area contributed by atoms with Crippen LogP contribution in [0.15, 0.2) is 64.5 Å². The number of thioether (sulfide) groups is 1. The van der Waals surface area contributed by atoms with Gasteiger partial charge in [0.1, 0.15) is 0 Å². The Morgan fingerprint density at radius 1 is 1.09 bits per heavy atom. The van der Waals surface area contributed by atoms with Crippen LogP contribution >= 0.6 is 11.8 Å². The molecule has 4 nitrogen and oxygen atoms in total. The zero-order chi connectivity index (χ0) is 16.1. The van der Waals surface area contributed by atoms with Gasteiger partial charge in [-0.15, -0.1) is 0 Å². The summed E-state index contributed by atoms with van der Waals surface area (Å²) in [5.41, 5.74) is 1.44. The molecular weight excluding hydrogens is 306 g/mol. The fraction of sp³-hybridized carbons (Fsp3) is 0.167. The number of rotatable bonds is 5. The minimum atomic E-state index is -0.0652. The van der Waals surface area contributed by atoms with Gasteiger partial charge in [-0.25, -0.2) is 4.98 Å². The Morgan fingerprint density at radius 2 is 1.83 bits per heavy atom. The third-order valence-corrected chi connectivity index (χ3v) is 4.45. The predicted molar refractivity (Wildman–Crippen MR) is 92.9 cm³/mol. The molecular formula is C18H15N3OS. The van der Waals surface area contributed by atoms with Crippen molar-refractivity contribution in [1.29, 1.82) is 5.26 Å². The molecule has 3 rings (SSSR count). The highest BCUT2D eigenvalue weighted by Crippen LogP contribution is 2.22. The lowest BCUT2D eigenvalue weighted by molar-refractivity contribution is 0.817. The maximum absolute atomic E-state index is 12.9. The first-order valence-corrected chi connectivity index (χ1v) is 8.37. The molecule has 0 saturated carbocycles. The molecule has 0 N–H and O–H groups in total. The molecule has 0 bridgehead atoms. The Balaban J connectivity index is 2.12. The molecule has 0 saturated heterocycles. The van der Waals surface area contributed by atoms with E-state index in [2.05, 4.69) is 11.1 Å². The van der Waals surface area contributed by atoms with Crippen LogP contribution in [0.1, 0.15) is 12.8 Å². The van der Waals surface area contributed by atoms with Crippen molar-refractivity contribution in [1.82, 2.24) is 9.55 Å². The fourth-order valence-corrected chi connectivity index (χ4v) is 3.28. The molecule has 5 heteroatoms. The number of nitrogens with zero attached hydrogens (tertiary/aromatic N) is 3. The Labute approximate surface area is 138 Å². The molecule has 1 aromatic heterocycles. The molecule has 23 heavy (non-hydrogen) atoms. The zero-order valence-corrected chi connectivity index (χ0v) is 13.3. The molecule has 0 unspecified atom stereocenters. The van der Waals surface area contributed by atoms with Crippen LogP contribution in [-0.2, 0) is 0 Å². The Bertz CT molecular complexity index is 913. The highest BCUT2D eigenvalue weighted by Gasteiger charge is 2.12. The van der Waals surface area contributed by atoms with E-state index in [-0.39, 0.29) is 5.56 Å². The van der Waals surface area contributed by atoms with Gasteiger partial charge in [0.15, 0.2) is 5.16 Å². The third-order valence-electron chi connectivity index (χ3n) is 3.42. The summed E-state index contributed by atoms with van der Waals surface area (Å²) in [6, 6.07) is 19.0. The molecule has 0 fully saturated rings. The summed E-state index contributed by atoms with van der Waals surface area (Å²) < 4.78 is 1.65. The van der Waals surface area contributed by atoms with Crippen LogP contribution in [0.5, 0.6) is 0 Å². The SMILES string of the molecule is N#CCCCSc1nc2ccccc2c(=O)n1-c1ccccc1. The second kappa shape index (κ2) is 7.12. The Kier molecular flexibility index (Phi) is 4.74. The zero-order valence-electron chi connectivity index (χ0n) is 12.5. The topological polar surface area (TPSA) is 58.7 Å². The second-order valence-corrected chi connectivity index (χ2v) is 6.06. The van der Waals surface area contributed by atoms with E-state index in [1.807, 2.05) is 48.5 Å². The molecule has 0 spiro atoms. The predicted octanol–water partition coefficient (Wildman–Crippen LogP) is 3.78. The van der Waals surface area contributed by atoms with Gasteiger partial charge in [0.05, 0.1) is 22.7 Å². The van der Waals surface area contributed by atoms with Gasteiger partial charge in [0.25, 0.3) is 5.56 Å². The van der Waals surface area contributed by atoms with E-state index < -0.39 is 0 Å². The van der Waals surface area contributed by atoms with Crippen LogP contribution in [0.4, 0.5) is 0 Å². The van der Waals surface area contributed by atoms with Gasteiger partial charge in [0, 0.05) is 12.2 Å². The number of hydrogen-bond donors (Lipinski definition) is 0. The second-order valence-electron chi connectivity index (χ2n) is 5.00. The van der Waals surface area contributed by atoms with E-state index in [4.69, 9.17) is 5.26 Å². The molecule has 2 aromatic carbocycles. The highest BCUT2D eigenvalue weighted by molar-refractivity contribution is 7.99. The molecule has 3 aromatic rings. The van der Waals surface area contributed by atoms with E-state index in [9.17, 15) is 4.79 Å². The van der Waals surface area contributed by atoms with Crippen LogP contribution in [0, 0.1) is 11.3 Å². The molecule has 1 heterocycles. The number of para-hydroxylation sites is 2. The first kappa shape index (κ1) is 15.3. The summed E-state index contributed by atoms with van der Waals surface area (Å²) in [7, 11) is 0. The van der Waals surface area contributed by atoms with Crippen molar-refractivity contribution in [2.75, 3.05) is 5.75 Å². The maximum atomic E-state index is 12.9.